The van der Waals surface area contributed by atoms with E-state index in [-0.39, 0.29) is 18.6 Å². The minimum Gasteiger partial charge on any atom is -0.497 e. The maximum Gasteiger partial charge on any atom is 0.306 e. The number of benzene rings is 2. The molecule has 2 amide bonds. The summed E-state index contributed by atoms with van der Waals surface area (Å²) in [4.78, 5) is 47.1. The molecule has 2 aromatic rings. The van der Waals surface area contributed by atoms with Crippen molar-refractivity contribution in [2.24, 2.45) is 0 Å². The molecule has 0 radical (unpaired) electrons. The van der Waals surface area contributed by atoms with Gasteiger partial charge in [-0.2, -0.15) is 0 Å². The molecule has 2 N–H and O–H groups in total. The van der Waals surface area contributed by atoms with E-state index in [0.717, 1.165) is 0 Å². The van der Waals surface area contributed by atoms with Gasteiger partial charge in [-0.3, -0.25) is 30.0 Å². The third kappa shape index (κ3) is 6.56. The predicted octanol–water partition coefficient (Wildman–Crippen LogP) is 1.66. The fourth-order valence-corrected chi connectivity index (χ4v) is 2.14. The van der Waals surface area contributed by atoms with Crippen LogP contribution in [0.25, 0.3) is 0 Å². The fourth-order valence-electron chi connectivity index (χ4n) is 2.14. The summed E-state index contributed by atoms with van der Waals surface area (Å²) in [6.45, 7) is -0.419. The number of hydrogen-bond acceptors (Lipinski definition) is 6. The molecule has 0 fully saturated rings. The van der Waals surface area contributed by atoms with E-state index in [4.69, 9.17) is 9.47 Å². The van der Waals surface area contributed by atoms with Crippen molar-refractivity contribution < 1.29 is 28.7 Å². The van der Waals surface area contributed by atoms with Gasteiger partial charge in [0.1, 0.15) is 5.75 Å². The maximum atomic E-state index is 12.0. The Morgan fingerprint density at radius 1 is 0.821 bits per heavy atom. The van der Waals surface area contributed by atoms with Crippen LogP contribution in [0, 0.1) is 0 Å². The highest BCUT2D eigenvalue weighted by Crippen LogP contribution is 2.12. The largest absolute Gasteiger partial charge is 0.497 e. The minimum atomic E-state index is -0.689. The third-order valence-electron chi connectivity index (χ3n) is 3.68. The number of carbonyl (C=O) groups excluding carboxylic acids is 4. The summed E-state index contributed by atoms with van der Waals surface area (Å²) in [6, 6.07) is 14.7. The number of carbonyl (C=O) groups is 4. The predicted molar refractivity (Wildman–Crippen MR) is 99.6 cm³/mol. The topological polar surface area (TPSA) is 111 Å². The Morgan fingerprint density at radius 3 is 2.14 bits per heavy atom. The zero-order valence-electron chi connectivity index (χ0n) is 15.3. The Hall–Kier alpha value is -3.68. The molecule has 0 saturated heterocycles. The lowest BCUT2D eigenvalue weighted by Gasteiger charge is -2.08. The van der Waals surface area contributed by atoms with Crippen molar-refractivity contribution in [3.8, 4) is 5.75 Å². The highest BCUT2D eigenvalue weighted by molar-refractivity contribution is 5.98. The van der Waals surface area contributed by atoms with Gasteiger partial charge in [-0.05, 0) is 36.4 Å². The first kappa shape index (κ1) is 20.6. The number of methoxy groups -OCH3 is 1. The molecular formula is C20H20N2O6. The van der Waals surface area contributed by atoms with Gasteiger partial charge >= 0.3 is 5.97 Å². The van der Waals surface area contributed by atoms with E-state index >= 15 is 0 Å². The Kier molecular flexibility index (Phi) is 7.71. The molecule has 0 unspecified atom stereocenters. The SMILES string of the molecule is COc1ccc(C(=O)COC(=O)CCC(=O)NNC(=O)c2ccccc2)cc1. The van der Waals surface area contributed by atoms with Gasteiger partial charge < -0.3 is 9.47 Å². The number of amides is 2. The van der Waals surface area contributed by atoms with Gasteiger partial charge in [0.2, 0.25) is 5.91 Å². The Balaban J connectivity index is 1.66. The second kappa shape index (κ2) is 10.5. The first-order valence-electron chi connectivity index (χ1n) is 8.46. The van der Waals surface area contributed by atoms with E-state index in [0.29, 0.717) is 16.9 Å². The number of ether oxygens (including phenoxy) is 2. The zero-order valence-corrected chi connectivity index (χ0v) is 15.3. The summed E-state index contributed by atoms with van der Waals surface area (Å²) in [5.41, 5.74) is 5.23. The van der Waals surface area contributed by atoms with E-state index < -0.39 is 24.4 Å². The number of Topliss-reactive ketones (excluding diaryl/α,β-unsaturated/α-hetero) is 1. The number of nitrogens with one attached hydrogen (secondary N) is 2. The monoisotopic (exact) mass is 384 g/mol. The first-order chi connectivity index (χ1) is 13.5. The van der Waals surface area contributed by atoms with E-state index in [9.17, 15) is 19.2 Å². The van der Waals surface area contributed by atoms with Gasteiger partial charge in [-0.1, -0.05) is 18.2 Å². The second-order valence-corrected chi connectivity index (χ2v) is 5.68. The van der Waals surface area contributed by atoms with Gasteiger partial charge in [0.25, 0.3) is 5.91 Å². The van der Waals surface area contributed by atoms with Crippen LogP contribution in [-0.4, -0.2) is 37.3 Å². The third-order valence-corrected chi connectivity index (χ3v) is 3.68. The lowest BCUT2D eigenvalue weighted by atomic mass is 10.1. The lowest BCUT2D eigenvalue weighted by molar-refractivity contribution is -0.143. The molecule has 0 saturated carbocycles. The van der Waals surface area contributed by atoms with Crippen LogP contribution in [0.1, 0.15) is 33.6 Å². The van der Waals surface area contributed by atoms with Crippen molar-refractivity contribution in [3.05, 3.63) is 65.7 Å². The number of hydrogen-bond donors (Lipinski definition) is 2. The van der Waals surface area contributed by atoms with Crippen molar-refractivity contribution in [1.29, 1.82) is 0 Å². The normalized spacial score (nSPS) is 9.89. The molecule has 0 bridgehead atoms. The molecule has 0 heterocycles. The highest BCUT2D eigenvalue weighted by Gasteiger charge is 2.13. The number of rotatable bonds is 8. The van der Waals surface area contributed by atoms with Crippen molar-refractivity contribution in [1.82, 2.24) is 10.9 Å². The number of ketones is 1. The summed E-state index contributed by atoms with van der Waals surface area (Å²) >= 11 is 0. The van der Waals surface area contributed by atoms with Crippen LogP contribution in [0.15, 0.2) is 54.6 Å². The Morgan fingerprint density at radius 2 is 1.50 bits per heavy atom. The average molecular weight is 384 g/mol. The molecule has 8 nitrogen and oxygen atoms in total. The molecule has 8 heteroatoms. The first-order valence-corrected chi connectivity index (χ1v) is 8.46. The van der Waals surface area contributed by atoms with Crippen LogP contribution < -0.4 is 15.6 Å². The van der Waals surface area contributed by atoms with Crippen LogP contribution in [0.2, 0.25) is 0 Å². The molecule has 0 aliphatic rings. The van der Waals surface area contributed by atoms with Crippen LogP contribution >= 0.6 is 0 Å². The number of esters is 1. The van der Waals surface area contributed by atoms with Crippen LogP contribution in [0.3, 0.4) is 0 Å². The molecule has 2 rings (SSSR count). The summed E-state index contributed by atoms with van der Waals surface area (Å²) in [6.07, 6.45) is -0.409. The van der Waals surface area contributed by atoms with Gasteiger partial charge in [0.15, 0.2) is 12.4 Å². The van der Waals surface area contributed by atoms with Crippen LogP contribution in [0.4, 0.5) is 0 Å². The smallest absolute Gasteiger partial charge is 0.306 e. The lowest BCUT2D eigenvalue weighted by Crippen LogP contribution is -2.41. The molecule has 0 aliphatic heterocycles. The summed E-state index contributed by atoms with van der Waals surface area (Å²) in [5, 5.41) is 0. The molecule has 0 spiro atoms. The fraction of sp³-hybridized carbons (Fsp3) is 0.200. The van der Waals surface area contributed by atoms with E-state index in [1.54, 1.807) is 54.6 Å². The van der Waals surface area contributed by atoms with Gasteiger partial charge in [0.05, 0.1) is 13.5 Å². The molecule has 0 atom stereocenters. The van der Waals surface area contributed by atoms with Gasteiger partial charge in [-0.15, -0.1) is 0 Å². The summed E-state index contributed by atoms with van der Waals surface area (Å²) in [7, 11) is 1.52. The summed E-state index contributed by atoms with van der Waals surface area (Å²) < 4.78 is 9.87. The standard InChI is InChI=1S/C20H20N2O6/c1-27-16-9-7-14(8-10-16)17(23)13-28-19(25)12-11-18(24)21-22-20(26)15-5-3-2-4-6-15/h2-10H,11-13H2,1H3,(H,21,24)(H,22,26). The Bertz CT molecular complexity index is 834. The average Bonchev–Trinajstić information content (AvgIpc) is 2.74. The van der Waals surface area contributed by atoms with E-state index in [2.05, 4.69) is 10.9 Å². The van der Waals surface area contributed by atoms with E-state index in [1.165, 1.54) is 7.11 Å². The van der Waals surface area contributed by atoms with Crippen LogP contribution in [-0.2, 0) is 14.3 Å². The molecule has 28 heavy (non-hydrogen) atoms. The zero-order chi connectivity index (χ0) is 20.4. The maximum absolute atomic E-state index is 12.0. The number of hydrazine groups is 1. The second-order valence-electron chi connectivity index (χ2n) is 5.68. The molecular weight excluding hydrogens is 364 g/mol. The van der Waals surface area contributed by atoms with Crippen LogP contribution in [0.5, 0.6) is 5.75 Å². The van der Waals surface area contributed by atoms with E-state index in [1.807, 2.05) is 0 Å². The highest BCUT2D eigenvalue weighted by atomic mass is 16.5. The molecule has 0 aliphatic carbocycles. The molecule has 0 aromatic heterocycles. The van der Waals surface area contributed by atoms with Crippen molar-refractivity contribution >= 4 is 23.6 Å². The molecule has 146 valence electrons. The van der Waals surface area contributed by atoms with Gasteiger partial charge in [0, 0.05) is 17.5 Å². The Labute approximate surface area is 161 Å². The summed E-state index contributed by atoms with van der Waals surface area (Å²) in [5.74, 6) is -1.47. The van der Waals surface area contributed by atoms with Crippen molar-refractivity contribution in [2.45, 2.75) is 12.8 Å². The van der Waals surface area contributed by atoms with Gasteiger partial charge in [-0.25, -0.2) is 0 Å². The quantitative estimate of drug-likeness (QED) is 0.407. The van der Waals surface area contributed by atoms with Crippen molar-refractivity contribution in [2.75, 3.05) is 13.7 Å². The minimum absolute atomic E-state index is 0.190. The molecule has 2 aromatic carbocycles. The van der Waals surface area contributed by atoms with Crippen molar-refractivity contribution in [3.63, 3.8) is 0 Å².